The van der Waals surface area contributed by atoms with Crippen LogP contribution in [-0.4, -0.2) is 81.8 Å². The summed E-state index contributed by atoms with van der Waals surface area (Å²) in [6.45, 7) is 33.1. The van der Waals surface area contributed by atoms with Crippen molar-refractivity contribution >= 4 is 45.2 Å². The monoisotopic (exact) mass is 682 g/mol. The van der Waals surface area contributed by atoms with E-state index < -0.39 is 73.2 Å². The Bertz CT molecular complexity index is 1230. The van der Waals surface area contributed by atoms with Crippen molar-refractivity contribution in [3.8, 4) is 0 Å². The molecule has 0 aromatic carbocycles. The van der Waals surface area contributed by atoms with E-state index in [1.807, 2.05) is 6.92 Å². The van der Waals surface area contributed by atoms with Gasteiger partial charge in [-0.15, -0.1) is 0 Å². The third-order valence-electron chi connectivity index (χ3n) is 10.8. The van der Waals surface area contributed by atoms with E-state index in [1.165, 1.54) is 7.11 Å². The van der Waals surface area contributed by atoms with Gasteiger partial charge in [0.25, 0.3) is 0 Å². The number of methoxy groups -OCH3 is 1. The predicted molar refractivity (Wildman–Crippen MR) is 181 cm³/mol. The Balaban J connectivity index is 1.80. The van der Waals surface area contributed by atoms with Crippen LogP contribution in [0.5, 0.6) is 0 Å². The first-order valence-electron chi connectivity index (χ1n) is 16.5. The molecule has 12 heteroatoms. The van der Waals surface area contributed by atoms with E-state index in [9.17, 15) is 9.59 Å². The zero-order chi connectivity index (χ0) is 33.3. The topological polar surface area (TPSA) is 89.5 Å². The van der Waals surface area contributed by atoms with Crippen LogP contribution in [0, 0.1) is 28.6 Å². The molecule has 1 aliphatic heterocycles. The van der Waals surface area contributed by atoms with E-state index in [0.29, 0.717) is 25.7 Å². The molecule has 4 aliphatic carbocycles. The summed E-state index contributed by atoms with van der Waals surface area (Å²) < 4.78 is 40.9. The second-order valence-corrected chi connectivity index (χ2v) is 36.2. The van der Waals surface area contributed by atoms with Crippen molar-refractivity contribution in [1.29, 1.82) is 0 Å². The van der Waals surface area contributed by atoms with Crippen molar-refractivity contribution < 1.29 is 36.8 Å². The molecule has 5 fully saturated rings. The molecule has 10 atom stereocenters. The fourth-order valence-corrected chi connectivity index (χ4v) is 14.9. The van der Waals surface area contributed by atoms with Crippen molar-refractivity contribution in [2.75, 3.05) is 7.11 Å². The highest BCUT2D eigenvalue weighted by Gasteiger charge is 2.88. The van der Waals surface area contributed by atoms with Crippen LogP contribution in [0.25, 0.3) is 0 Å². The maximum absolute atomic E-state index is 14.4. The highest BCUT2D eigenvalue weighted by molar-refractivity contribution is 6.71. The summed E-state index contributed by atoms with van der Waals surface area (Å²) in [5.74, 6) is -1.78. The first-order chi connectivity index (χ1) is 19.8. The van der Waals surface area contributed by atoms with Crippen molar-refractivity contribution in [1.82, 2.24) is 0 Å². The Kier molecular flexibility index (Phi) is 8.04. The molecule has 5 aliphatic rings. The molecule has 8 nitrogen and oxygen atoms in total. The second kappa shape index (κ2) is 10.2. The summed E-state index contributed by atoms with van der Waals surface area (Å²) in [6, 6.07) is 0. The van der Waals surface area contributed by atoms with Crippen LogP contribution in [0.4, 0.5) is 0 Å². The Morgan fingerprint density at radius 1 is 0.864 bits per heavy atom. The molecule has 1 spiro atoms. The summed E-state index contributed by atoms with van der Waals surface area (Å²) >= 11 is 0. The molecule has 44 heavy (non-hydrogen) atoms. The van der Waals surface area contributed by atoms with E-state index in [2.05, 4.69) is 78.6 Å². The van der Waals surface area contributed by atoms with Gasteiger partial charge in [-0.25, -0.2) is 0 Å². The van der Waals surface area contributed by atoms with Crippen LogP contribution < -0.4 is 0 Å². The van der Waals surface area contributed by atoms with Gasteiger partial charge in [-0.3, -0.25) is 9.59 Å². The Morgan fingerprint density at radius 2 is 1.41 bits per heavy atom. The van der Waals surface area contributed by atoms with E-state index in [-0.39, 0.29) is 30.1 Å². The maximum Gasteiger partial charge on any atom is 0.315 e. The average molecular weight is 683 g/mol. The lowest BCUT2D eigenvalue weighted by molar-refractivity contribution is -0.175. The lowest BCUT2D eigenvalue weighted by Crippen LogP contribution is -2.60. The van der Waals surface area contributed by atoms with Crippen LogP contribution in [0.1, 0.15) is 32.6 Å². The zero-order valence-electron chi connectivity index (χ0n) is 29.8. The molecule has 5 rings (SSSR count). The number of carbonyl (C=O) groups is 2. The van der Waals surface area contributed by atoms with Crippen LogP contribution in [-0.2, 0) is 36.8 Å². The fraction of sp³-hybridized carbons (Fsp3) is 0.875. The smallest absolute Gasteiger partial charge is 0.315 e. The van der Waals surface area contributed by atoms with Gasteiger partial charge in [-0.2, -0.15) is 0 Å². The predicted octanol–water partition coefficient (Wildman–Crippen LogP) is 6.72. The molecule has 3 unspecified atom stereocenters. The van der Waals surface area contributed by atoms with Crippen LogP contribution in [0.3, 0.4) is 0 Å². The van der Waals surface area contributed by atoms with Crippen LogP contribution >= 0.6 is 0 Å². The Morgan fingerprint density at radius 3 is 1.91 bits per heavy atom. The molecule has 1 heterocycles. The Hall–Kier alpha value is -0.612. The van der Waals surface area contributed by atoms with Crippen LogP contribution in [0.15, 0.2) is 12.2 Å². The van der Waals surface area contributed by atoms with Gasteiger partial charge < -0.3 is 27.2 Å². The maximum atomic E-state index is 14.4. The normalized spacial score (nSPS) is 43.5. The first kappa shape index (κ1) is 34.7. The summed E-state index contributed by atoms with van der Waals surface area (Å²) in [5, 5.41) is 0. The number of ether oxygens (including phenoxy) is 2. The molecule has 0 N–H and O–H groups in total. The van der Waals surface area contributed by atoms with E-state index in [0.717, 1.165) is 5.57 Å². The van der Waals surface area contributed by atoms with E-state index >= 15 is 0 Å². The summed E-state index contributed by atoms with van der Waals surface area (Å²) in [4.78, 5) is 28.7. The molecule has 4 saturated carbocycles. The van der Waals surface area contributed by atoms with Crippen molar-refractivity contribution in [2.45, 2.75) is 141 Å². The minimum atomic E-state index is -2.19. The molecule has 4 bridgehead atoms. The lowest BCUT2D eigenvalue weighted by atomic mass is 9.59. The highest BCUT2D eigenvalue weighted by Crippen LogP contribution is 2.80. The van der Waals surface area contributed by atoms with Gasteiger partial charge in [0, 0.05) is 17.3 Å². The van der Waals surface area contributed by atoms with Crippen molar-refractivity contribution in [3.05, 3.63) is 12.2 Å². The molecule has 0 radical (unpaired) electrons. The number of hydrogen-bond donors (Lipinski definition) is 0. The largest absolute Gasteiger partial charge is 0.469 e. The van der Waals surface area contributed by atoms with Gasteiger partial charge >= 0.3 is 11.9 Å². The second-order valence-electron chi connectivity index (χ2n) is 18.4. The van der Waals surface area contributed by atoms with Gasteiger partial charge in [0.15, 0.2) is 33.3 Å². The minimum Gasteiger partial charge on any atom is -0.469 e. The SMILES string of the molecule is C=C1[C@@H](O[Si](C)(C)C)[C@]23C[C@@]1(O[Si](C)(C)C)[C@@H](O[Si](C)(C)C)CC2[C@@]12CC[C@H](O[Si](C)(C)C)C(C)(C(=O)O1)C2[C@@H]3C(=O)OC. The first-order valence-corrected chi connectivity index (χ1v) is 30.1. The molecule has 250 valence electrons. The third kappa shape index (κ3) is 5.07. The number of hydrogen-bond acceptors (Lipinski definition) is 8. The number of fused-ring (bicyclic) bond motifs is 1. The van der Waals surface area contributed by atoms with Gasteiger partial charge in [-0.05, 0) is 117 Å². The lowest BCUT2D eigenvalue weighted by Gasteiger charge is -2.53. The quantitative estimate of drug-likeness (QED) is 0.151. The average Bonchev–Trinajstić information content (AvgIpc) is 3.24. The minimum absolute atomic E-state index is 0.178. The molecular weight excluding hydrogens is 625 g/mol. The summed E-state index contributed by atoms with van der Waals surface area (Å²) in [6.07, 6.45) is 1.45. The van der Waals surface area contributed by atoms with Gasteiger partial charge in [0.1, 0.15) is 11.2 Å². The van der Waals surface area contributed by atoms with Crippen molar-refractivity contribution in [3.63, 3.8) is 0 Å². The summed E-state index contributed by atoms with van der Waals surface area (Å²) in [7, 11) is -7.02. The molecule has 0 amide bonds. The number of rotatable bonds is 9. The molecule has 0 aromatic heterocycles. The number of carbonyl (C=O) groups excluding carboxylic acids is 2. The molecule has 1 saturated heterocycles. The Labute approximate surface area is 269 Å². The molecular formula is C32H58O8Si4. The third-order valence-corrected chi connectivity index (χ3v) is 14.7. The number of esters is 2. The van der Waals surface area contributed by atoms with Crippen molar-refractivity contribution in [2.24, 2.45) is 28.6 Å². The van der Waals surface area contributed by atoms with Gasteiger partial charge in [0.2, 0.25) is 0 Å². The van der Waals surface area contributed by atoms with E-state index in [1.54, 1.807) is 0 Å². The fourth-order valence-electron chi connectivity index (χ4n) is 10.1. The molecule has 0 aromatic rings. The highest BCUT2D eigenvalue weighted by atomic mass is 28.4. The zero-order valence-corrected chi connectivity index (χ0v) is 33.8. The standard InChI is InChI=1S/C32H58O8Si4/c1-20-26(39-43(10,11)12)30-19-32(20,40-44(13,14)15)23(38-42(7,8)9)18-21(30)31-17-16-22(37-41(4,5)6)29(2,28(34)36-31)25(31)24(30)27(33)35-3/h21-26H,1,16-19H2,2-15H3/t21?,22-,23-,24+,25?,26+,29?,30+,31+,32-/m0/s1. The summed E-state index contributed by atoms with van der Waals surface area (Å²) in [5.41, 5.74) is -2.47. The van der Waals surface area contributed by atoms with Gasteiger partial charge in [0.05, 0.1) is 36.8 Å². The van der Waals surface area contributed by atoms with E-state index in [4.69, 9.17) is 33.8 Å². The van der Waals surface area contributed by atoms with Gasteiger partial charge in [-0.1, -0.05) is 6.58 Å². The van der Waals surface area contributed by atoms with Crippen LogP contribution in [0.2, 0.25) is 78.6 Å².